The topological polar surface area (TPSA) is 69.3 Å². The molecule has 1 atom stereocenters. The number of Topliss-reactive ketones (excluding diaryl/α,β-unsaturated/α-hetero) is 1. The van der Waals surface area contributed by atoms with E-state index in [1.165, 1.54) is 17.0 Å². The number of aromatic nitrogens is 1. The van der Waals surface area contributed by atoms with Crippen LogP contribution in [0.2, 0.25) is 0 Å². The fourth-order valence-corrected chi connectivity index (χ4v) is 6.65. The highest BCUT2D eigenvalue weighted by atomic mass is 19.1. The van der Waals surface area contributed by atoms with Crippen LogP contribution in [0.3, 0.4) is 0 Å². The van der Waals surface area contributed by atoms with Crippen molar-refractivity contribution in [2.75, 3.05) is 9.80 Å². The highest BCUT2D eigenvalue weighted by Crippen LogP contribution is 2.58. The van der Waals surface area contributed by atoms with E-state index >= 15 is 4.39 Å². The van der Waals surface area contributed by atoms with Crippen LogP contribution in [0.25, 0.3) is 5.82 Å². The number of ketones is 1. The van der Waals surface area contributed by atoms with E-state index in [4.69, 9.17) is 0 Å². The van der Waals surface area contributed by atoms with Gasteiger partial charge in [0.25, 0.3) is 0 Å². The molecule has 1 aliphatic carbocycles. The highest BCUT2D eigenvalue weighted by Gasteiger charge is 2.62. The number of carbonyl (C=O) groups excluding carboxylic acids is 2. The number of benzene rings is 3. The number of fused-ring (bicyclic) bond motifs is 3. The van der Waals surface area contributed by atoms with Crippen molar-refractivity contribution in [2.24, 2.45) is 0 Å². The summed E-state index contributed by atoms with van der Waals surface area (Å²) in [6.45, 7) is -0.0876. The molecule has 2 aliphatic heterocycles. The summed E-state index contributed by atoms with van der Waals surface area (Å²) in [6.07, 6.45) is 4.55. The lowest BCUT2D eigenvalue weighted by Gasteiger charge is -2.45. The second-order valence-corrected chi connectivity index (χ2v) is 10.5. The third-order valence-corrected chi connectivity index (χ3v) is 8.35. The molecule has 1 spiro atoms. The molecule has 0 unspecified atom stereocenters. The van der Waals surface area contributed by atoms with Crippen molar-refractivity contribution in [3.05, 3.63) is 137 Å². The number of anilines is 2. The van der Waals surface area contributed by atoms with Crippen LogP contribution in [0.5, 0.6) is 0 Å². The molecule has 1 amide bonds. The van der Waals surface area contributed by atoms with E-state index in [2.05, 4.69) is 6.07 Å². The predicted octanol–water partition coefficient (Wildman–Crippen LogP) is 6.47. The molecule has 0 radical (unpaired) electrons. The van der Waals surface area contributed by atoms with E-state index in [0.717, 1.165) is 0 Å². The summed E-state index contributed by atoms with van der Waals surface area (Å²) in [4.78, 5) is 32.1. The normalized spacial score (nSPS) is 19.8. The van der Waals surface area contributed by atoms with E-state index in [9.17, 15) is 19.2 Å². The van der Waals surface area contributed by atoms with E-state index in [1.807, 2.05) is 0 Å². The Kier molecular flexibility index (Phi) is 5.91. The fraction of sp³-hybridized carbons (Fsp3) is 0.147. The second-order valence-electron chi connectivity index (χ2n) is 10.5. The van der Waals surface area contributed by atoms with Gasteiger partial charge in [-0.15, -0.1) is 0 Å². The number of halogens is 2. The van der Waals surface area contributed by atoms with E-state index < -0.39 is 23.0 Å². The van der Waals surface area contributed by atoms with Gasteiger partial charge in [0.1, 0.15) is 28.9 Å². The molecule has 0 saturated heterocycles. The number of allylic oxidation sites excluding steroid dienone is 1. The SMILES string of the molecule is N#CC1=C(n2cccc2)N(c2ccccc2F)C2=C(C(=O)CCC2)[C@]12C(=O)N(Cc1ccccc1F)c1ccccc12. The maximum absolute atomic E-state index is 15.5. The standard InChI is InChI=1S/C34H24F2N4O2/c35-25-12-3-1-10-22(25)21-39-27-14-5-2-11-23(27)34(33(39)42)24(20-37)32(38-18-7-8-19-38)40(28-15-6-4-13-26(28)36)29-16-9-17-30(41)31(29)34/h1-8,10-15,18-19H,9,16-17,21H2/t34-/m1/s1. The number of hydrogen-bond acceptors (Lipinski definition) is 4. The Morgan fingerprint density at radius 2 is 1.48 bits per heavy atom. The predicted molar refractivity (Wildman–Crippen MR) is 154 cm³/mol. The van der Waals surface area contributed by atoms with Crippen LogP contribution in [0.15, 0.2) is 114 Å². The van der Waals surface area contributed by atoms with Gasteiger partial charge in [0.05, 0.1) is 17.8 Å². The van der Waals surface area contributed by atoms with Crippen LogP contribution in [-0.4, -0.2) is 16.3 Å². The summed E-state index contributed by atoms with van der Waals surface area (Å²) in [5.74, 6) is -1.50. The first-order chi connectivity index (χ1) is 20.5. The smallest absolute Gasteiger partial charge is 0.248 e. The minimum Gasteiger partial charge on any atom is -0.309 e. The molecule has 3 heterocycles. The van der Waals surface area contributed by atoms with E-state index in [-0.39, 0.29) is 41.4 Å². The van der Waals surface area contributed by atoms with Gasteiger partial charge in [0.2, 0.25) is 5.91 Å². The summed E-state index contributed by atoms with van der Waals surface area (Å²) in [5.41, 5.74) is 0.326. The number of nitriles is 1. The van der Waals surface area contributed by atoms with Crippen molar-refractivity contribution >= 4 is 28.9 Å². The van der Waals surface area contributed by atoms with Crippen LogP contribution >= 0.6 is 0 Å². The third-order valence-electron chi connectivity index (χ3n) is 8.35. The Bertz CT molecular complexity index is 1890. The molecule has 0 N–H and O–H groups in total. The summed E-state index contributed by atoms with van der Waals surface area (Å²) in [6, 6.07) is 25.3. The molecule has 1 aromatic heterocycles. The Morgan fingerprint density at radius 1 is 0.810 bits per heavy atom. The number of rotatable bonds is 4. The van der Waals surface area contributed by atoms with Crippen molar-refractivity contribution < 1.29 is 18.4 Å². The summed E-state index contributed by atoms with van der Waals surface area (Å²) >= 11 is 0. The maximum Gasteiger partial charge on any atom is 0.248 e. The van der Waals surface area contributed by atoms with Crippen LogP contribution in [0.4, 0.5) is 20.2 Å². The van der Waals surface area contributed by atoms with Crippen LogP contribution in [-0.2, 0) is 21.5 Å². The van der Waals surface area contributed by atoms with Crippen molar-refractivity contribution in [2.45, 2.75) is 31.2 Å². The van der Waals surface area contributed by atoms with Gasteiger partial charge in [0.15, 0.2) is 5.78 Å². The van der Waals surface area contributed by atoms with Crippen molar-refractivity contribution in [1.29, 1.82) is 5.26 Å². The molecular formula is C34H24F2N4O2. The molecule has 3 aromatic carbocycles. The van der Waals surface area contributed by atoms with Gasteiger partial charge in [-0.3, -0.25) is 14.5 Å². The van der Waals surface area contributed by atoms with Gasteiger partial charge in [-0.2, -0.15) is 5.26 Å². The molecule has 0 fully saturated rings. The zero-order valence-electron chi connectivity index (χ0n) is 22.4. The van der Waals surface area contributed by atoms with Gasteiger partial charge in [-0.05, 0) is 49.2 Å². The van der Waals surface area contributed by atoms with Crippen LogP contribution < -0.4 is 9.80 Å². The second kappa shape index (κ2) is 9.67. The molecule has 0 bridgehead atoms. The Labute approximate surface area is 241 Å². The average Bonchev–Trinajstić information content (AvgIpc) is 3.61. The largest absolute Gasteiger partial charge is 0.309 e. The number of hydrogen-bond donors (Lipinski definition) is 0. The molecule has 7 rings (SSSR count). The van der Waals surface area contributed by atoms with E-state index in [1.54, 1.807) is 94.7 Å². The first-order valence-corrected chi connectivity index (χ1v) is 13.7. The quantitative estimate of drug-likeness (QED) is 0.288. The lowest BCUT2D eigenvalue weighted by atomic mass is 9.63. The number of carbonyl (C=O) groups is 2. The minimum atomic E-state index is -1.79. The highest BCUT2D eigenvalue weighted by molar-refractivity contribution is 6.22. The lowest BCUT2D eigenvalue weighted by Crippen LogP contribution is -2.51. The number of nitrogens with zero attached hydrogens (tertiary/aromatic N) is 4. The summed E-state index contributed by atoms with van der Waals surface area (Å²) < 4.78 is 32.1. The van der Waals surface area contributed by atoms with E-state index in [0.29, 0.717) is 35.4 Å². The average molecular weight is 559 g/mol. The third kappa shape index (κ3) is 3.46. The van der Waals surface area contributed by atoms with Crippen molar-refractivity contribution in [3.8, 4) is 6.07 Å². The van der Waals surface area contributed by atoms with Crippen LogP contribution in [0, 0.1) is 23.0 Å². The molecule has 42 heavy (non-hydrogen) atoms. The summed E-state index contributed by atoms with van der Waals surface area (Å²) in [7, 11) is 0. The van der Waals surface area contributed by atoms with Crippen molar-refractivity contribution in [3.63, 3.8) is 0 Å². The first-order valence-electron chi connectivity index (χ1n) is 13.7. The molecule has 0 saturated carbocycles. The lowest BCUT2D eigenvalue weighted by molar-refractivity contribution is -0.124. The molecular weight excluding hydrogens is 534 g/mol. The van der Waals surface area contributed by atoms with Gasteiger partial charge in [0, 0.05) is 46.9 Å². The monoisotopic (exact) mass is 558 g/mol. The first kappa shape index (κ1) is 25.7. The Hall–Kier alpha value is -5.29. The molecule has 3 aliphatic rings. The fourth-order valence-electron chi connectivity index (χ4n) is 6.65. The Balaban J connectivity index is 1.58. The molecule has 8 heteroatoms. The maximum atomic E-state index is 15.5. The molecule has 6 nitrogen and oxygen atoms in total. The zero-order chi connectivity index (χ0) is 29.0. The molecule has 4 aromatic rings. The van der Waals surface area contributed by atoms with Crippen molar-refractivity contribution in [1.82, 2.24) is 4.57 Å². The Morgan fingerprint density at radius 3 is 2.19 bits per heavy atom. The minimum absolute atomic E-state index is 0.00411. The zero-order valence-corrected chi connectivity index (χ0v) is 22.4. The van der Waals surface area contributed by atoms with Gasteiger partial charge in [-0.25, -0.2) is 8.78 Å². The van der Waals surface area contributed by atoms with Crippen LogP contribution in [0.1, 0.15) is 30.4 Å². The van der Waals surface area contributed by atoms with Gasteiger partial charge in [-0.1, -0.05) is 48.5 Å². The number of amides is 1. The van der Waals surface area contributed by atoms with Gasteiger partial charge < -0.3 is 9.47 Å². The molecule has 206 valence electrons. The van der Waals surface area contributed by atoms with Gasteiger partial charge >= 0.3 is 0 Å². The number of para-hydroxylation sites is 2. The summed E-state index contributed by atoms with van der Waals surface area (Å²) in [5, 5.41) is 11.0.